The summed E-state index contributed by atoms with van der Waals surface area (Å²) in [6.45, 7) is 8.99. The van der Waals surface area contributed by atoms with Gasteiger partial charge in [-0.3, -0.25) is 19.2 Å². The Balaban J connectivity index is 1.33. The third-order valence-corrected chi connectivity index (χ3v) is 10.9. The molecular formula is C39H42BrN3O7. The molecule has 2 bridgehead atoms. The van der Waals surface area contributed by atoms with Gasteiger partial charge in [0.1, 0.15) is 17.7 Å². The second-order valence-corrected chi connectivity index (χ2v) is 14.3. The molecule has 3 aromatic carbocycles. The van der Waals surface area contributed by atoms with Crippen molar-refractivity contribution in [1.29, 1.82) is 0 Å². The van der Waals surface area contributed by atoms with Gasteiger partial charge in [0.2, 0.25) is 11.8 Å². The predicted octanol–water partition coefficient (Wildman–Crippen LogP) is 4.85. The Morgan fingerprint density at radius 1 is 1.10 bits per heavy atom. The minimum Gasteiger partial charge on any atom is -0.455 e. The van der Waals surface area contributed by atoms with Crippen LogP contribution in [0.5, 0.6) is 0 Å². The third-order valence-electron chi connectivity index (χ3n) is 10.0. The highest BCUT2D eigenvalue weighted by Crippen LogP contribution is 2.60. The van der Waals surface area contributed by atoms with E-state index < -0.39 is 59.5 Å². The number of halogens is 1. The number of rotatable bonds is 14. The van der Waals surface area contributed by atoms with E-state index in [2.05, 4.69) is 34.4 Å². The maximum absolute atomic E-state index is 14.8. The number of esters is 1. The molecule has 50 heavy (non-hydrogen) atoms. The van der Waals surface area contributed by atoms with Crippen molar-refractivity contribution >= 4 is 56.1 Å². The second kappa shape index (κ2) is 14.9. The monoisotopic (exact) mass is 743 g/mol. The van der Waals surface area contributed by atoms with E-state index in [0.717, 1.165) is 10.8 Å². The van der Waals surface area contributed by atoms with Gasteiger partial charge in [-0.25, -0.2) is 0 Å². The van der Waals surface area contributed by atoms with Gasteiger partial charge in [-0.1, -0.05) is 88.7 Å². The van der Waals surface area contributed by atoms with E-state index in [1.54, 1.807) is 24.0 Å². The number of nitrogens with zero attached hydrogens (tertiary/aromatic N) is 2. The summed E-state index contributed by atoms with van der Waals surface area (Å²) in [7, 11) is 0. The van der Waals surface area contributed by atoms with Crippen molar-refractivity contribution in [2.45, 2.75) is 60.9 Å². The number of allylic oxidation sites excluding steroid dienone is 1. The minimum absolute atomic E-state index is 0.115. The number of carbonyl (C=O) groups is 4. The molecule has 11 heteroatoms. The Bertz CT molecular complexity index is 1790. The molecule has 0 radical (unpaired) electrons. The standard InChI is InChI=1S/C39H42BrN3O7/c1-4-6-16-30(45)41-24(3)33(26-13-8-7-9-14-26)49-38(48)31-32-36(46)43(20-21-44)35(39(32)23-29(40)34(31)50-39)37(47)42(19-5-2)28-18-17-25-12-10-11-15-27(25)22-28/h4-5,7-15,17-18,22,24,29,31-35,44H,1-2,6,16,19-21,23H2,3H3,(H,41,45)/t24-,29?,31+,32-,33-,34+,35+,39-/m0/s1. The fourth-order valence-electron chi connectivity index (χ4n) is 7.91. The summed E-state index contributed by atoms with van der Waals surface area (Å²) in [6, 6.07) is 20.9. The van der Waals surface area contributed by atoms with E-state index in [1.165, 1.54) is 4.90 Å². The number of fused-ring (bicyclic) bond motifs is 2. The van der Waals surface area contributed by atoms with Crippen LogP contribution in [0.25, 0.3) is 10.8 Å². The molecule has 0 saturated carbocycles. The zero-order valence-electron chi connectivity index (χ0n) is 28.0. The van der Waals surface area contributed by atoms with Crippen molar-refractivity contribution < 1.29 is 33.8 Å². The maximum atomic E-state index is 14.8. The average Bonchev–Trinajstić information content (AvgIpc) is 3.71. The molecule has 10 nitrogen and oxygen atoms in total. The van der Waals surface area contributed by atoms with Crippen molar-refractivity contribution in [3.05, 3.63) is 104 Å². The Hall–Kier alpha value is -4.32. The van der Waals surface area contributed by atoms with Crippen molar-refractivity contribution in [3.63, 3.8) is 0 Å². The lowest BCUT2D eigenvalue weighted by atomic mass is 9.70. The van der Waals surface area contributed by atoms with Gasteiger partial charge in [0, 0.05) is 30.0 Å². The van der Waals surface area contributed by atoms with Gasteiger partial charge < -0.3 is 29.7 Å². The van der Waals surface area contributed by atoms with Crippen molar-refractivity contribution in [2.24, 2.45) is 11.8 Å². The number of hydrogen-bond donors (Lipinski definition) is 2. The van der Waals surface area contributed by atoms with Crippen LogP contribution in [0.1, 0.15) is 37.9 Å². The predicted molar refractivity (Wildman–Crippen MR) is 193 cm³/mol. The first-order valence-corrected chi connectivity index (χ1v) is 17.9. The molecule has 3 aliphatic heterocycles. The number of nitrogens with one attached hydrogen (secondary N) is 1. The van der Waals surface area contributed by atoms with Crippen LogP contribution in [-0.2, 0) is 28.7 Å². The normalized spacial score (nSPS) is 26.3. The van der Waals surface area contributed by atoms with Crippen LogP contribution in [0, 0.1) is 11.8 Å². The van der Waals surface area contributed by atoms with Gasteiger partial charge in [-0.2, -0.15) is 0 Å². The van der Waals surface area contributed by atoms with Crippen molar-refractivity contribution in [2.75, 3.05) is 24.6 Å². The van der Waals surface area contributed by atoms with E-state index in [1.807, 2.05) is 72.8 Å². The number of amides is 3. The van der Waals surface area contributed by atoms with Crippen LogP contribution in [0.15, 0.2) is 98.1 Å². The summed E-state index contributed by atoms with van der Waals surface area (Å²) in [5.74, 6) is -3.76. The first kappa shape index (κ1) is 35.5. The highest BCUT2D eigenvalue weighted by atomic mass is 79.9. The number of benzene rings is 3. The average molecular weight is 745 g/mol. The molecule has 3 aliphatic rings. The van der Waals surface area contributed by atoms with E-state index in [9.17, 15) is 24.3 Å². The number of ether oxygens (including phenoxy) is 2. The number of aliphatic hydroxyl groups excluding tert-OH is 1. The molecule has 3 aromatic rings. The van der Waals surface area contributed by atoms with E-state index in [0.29, 0.717) is 24.1 Å². The molecule has 1 unspecified atom stereocenters. The molecule has 262 valence electrons. The molecule has 3 saturated heterocycles. The minimum atomic E-state index is -1.35. The number of hydrogen-bond acceptors (Lipinski definition) is 7. The van der Waals surface area contributed by atoms with Gasteiger partial charge in [-0.15, -0.1) is 13.2 Å². The number of alkyl halides is 1. The van der Waals surface area contributed by atoms with Crippen LogP contribution >= 0.6 is 15.9 Å². The zero-order valence-corrected chi connectivity index (χ0v) is 29.5. The molecule has 3 fully saturated rings. The van der Waals surface area contributed by atoms with E-state index in [4.69, 9.17) is 9.47 Å². The smallest absolute Gasteiger partial charge is 0.313 e. The Kier molecular flexibility index (Phi) is 10.6. The summed E-state index contributed by atoms with van der Waals surface area (Å²) >= 11 is 3.71. The van der Waals surface area contributed by atoms with Gasteiger partial charge in [0.25, 0.3) is 5.91 Å². The molecule has 0 aliphatic carbocycles. The molecule has 8 atom stereocenters. The van der Waals surface area contributed by atoms with Crippen LogP contribution in [0.3, 0.4) is 0 Å². The Labute approximate surface area is 300 Å². The van der Waals surface area contributed by atoms with Gasteiger partial charge in [0.15, 0.2) is 0 Å². The Morgan fingerprint density at radius 3 is 2.52 bits per heavy atom. The SMILES string of the molecule is C=CCCC(=O)N[C@@H](C)[C@H](OC(=O)[C@H]1[C@@H]2O[C@@]3(CC2Br)[C@@H]1C(=O)N(CCO)[C@@H]3C(=O)N(CC=C)c1ccc2ccccc2c1)c1ccccc1. The highest BCUT2D eigenvalue weighted by molar-refractivity contribution is 9.09. The van der Waals surface area contributed by atoms with Crippen LogP contribution in [-0.4, -0.2) is 82.0 Å². The summed E-state index contributed by atoms with van der Waals surface area (Å²) in [6.07, 6.45) is 2.72. The topological polar surface area (TPSA) is 125 Å². The van der Waals surface area contributed by atoms with Crippen molar-refractivity contribution in [3.8, 4) is 0 Å². The van der Waals surface area contributed by atoms with Crippen molar-refractivity contribution in [1.82, 2.24) is 10.2 Å². The molecular weight excluding hydrogens is 702 g/mol. The number of likely N-dealkylation sites (tertiary alicyclic amines) is 1. The number of anilines is 1. The summed E-state index contributed by atoms with van der Waals surface area (Å²) < 4.78 is 12.9. The van der Waals surface area contributed by atoms with Crippen LogP contribution < -0.4 is 10.2 Å². The van der Waals surface area contributed by atoms with Gasteiger partial charge >= 0.3 is 5.97 Å². The number of carbonyl (C=O) groups excluding carboxylic acids is 4. The Morgan fingerprint density at radius 2 is 1.82 bits per heavy atom. The molecule has 3 amide bonds. The van der Waals surface area contributed by atoms with E-state index >= 15 is 0 Å². The molecule has 1 spiro atoms. The first-order valence-electron chi connectivity index (χ1n) is 16.9. The second-order valence-electron chi connectivity index (χ2n) is 13.1. The summed E-state index contributed by atoms with van der Waals surface area (Å²) in [5.41, 5.74) is -0.0530. The largest absolute Gasteiger partial charge is 0.455 e. The zero-order chi connectivity index (χ0) is 35.6. The maximum Gasteiger partial charge on any atom is 0.313 e. The number of β-amino-alcohol motifs (C(OH)–C–C–N with tert-alkyl or cyclic N) is 1. The first-order chi connectivity index (χ1) is 24.1. The quantitative estimate of drug-likeness (QED) is 0.137. The molecule has 0 aromatic heterocycles. The van der Waals surface area contributed by atoms with Crippen LogP contribution in [0.2, 0.25) is 0 Å². The van der Waals surface area contributed by atoms with Gasteiger partial charge in [-0.05, 0) is 48.2 Å². The third kappa shape index (κ3) is 6.38. The summed E-state index contributed by atoms with van der Waals surface area (Å²) in [4.78, 5) is 58.8. The summed E-state index contributed by atoms with van der Waals surface area (Å²) in [5, 5.41) is 15.0. The lowest BCUT2D eigenvalue weighted by Crippen LogP contribution is -2.57. The fraction of sp³-hybridized carbons (Fsp3) is 0.385. The fourth-order valence-corrected chi connectivity index (χ4v) is 8.85. The van der Waals surface area contributed by atoms with Crippen LogP contribution in [0.4, 0.5) is 5.69 Å². The van der Waals surface area contributed by atoms with E-state index in [-0.39, 0.29) is 36.9 Å². The lowest BCUT2D eigenvalue weighted by molar-refractivity contribution is -0.162. The number of aliphatic hydroxyl groups is 1. The molecule has 3 heterocycles. The molecule has 6 rings (SSSR count). The van der Waals surface area contributed by atoms with Gasteiger partial charge in [0.05, 0.1) is 30.6 Å². The molecule has 2 N–H and O–H groups in total. The lowest BCUT2D eigenvalue weighted by Gasteiger charge is -2.37. The highest BCUT2D eigenvalue weighted by Gasteiger charge is 2.77.